The third kappa shape index (κ3) is 4.13. The Balaban J connectivity index is 1.82. The van der Waals surface area contributed by atoms with Crippen LogP contribution in [0.3, 0.4) is 0 Å². The molecule has 0 spiro atoms. The van der Waals surface area contributed by atoms with Crippen molar-refractivity contribution in [2.75, 3.05) is 0 Å². The first-order valence-corrected chi connectivity index (χ1v) is 7.70. The summed E-state index contributed by atoms with van der Waals surface area (Å²) in [6, 6.07) is 5.71. The number of hydrogen-bond acceptors (Lipinski definition) is 4. The van der Waals surface area contributed by atoms with E-state index in [2.05, 4.69) is 22.2 Å². The molecular formula is C15H19N3OS. The lowest BCUT2D eigenvalue weighted by atomic mass is 10.2. The highest BCUT2D eigenvalue weighted by molar-refractivity contribution is 7.09. The molecule has 2 heterocycles. The fraction of sp³-hybridized carbons (Fsp3) is 0.400. The summed E-state index contributed by atoms with van der Waals surface area (Å²) in [4.78, 5) is 20.6. The van der Waals surface area contributed by atoms with Crippen molar-refractivity contribution in [3.8, 4) is 0 Å². The molecule has 0 aliphatic rings. The number of aromatic nitrogens is 2. The highest BCUT2D eigenvalue weighted by Gasteiger charge is 2.12. The first kappa shape index (κ1) is 14.7. The molecule has 2 aromatic rings. The molecule has 0 saturated carbocycles. The molecule has 5 heteroatoms. The van der Waals surface area contributed by atoms with Gasteiger partial charge in [0.25, 0.3) is 0 Å². The van der Waals surface area contributed by atoms with Crippen LogP contribution in [0.2, 0.25) is 0 Å². The van der Waals surface area contributed by atoms with Crippen LogP contribution in [-0.2, 0) is 17.6 Å². The van der Waals surface area contributed by atoms with E-state index in [1.807, 2.05) is 30.5 Å². The third-order valence-corrected chi connectivity index (χ3v) is 4.04. The van der Waals surface area contributed by atoms with E-state index in [1.165, 1.54) is 0 Å². The van der Waals surface area contributed by atoms with E-state index >= 15 is 0 Å². The van der Waals surface area contributed by atoms with E-state index in [9.17, 15) is 4.79 Å². The van der Waals surface area contributed by atoms with Crippen LogP contribution in [0, 0.1) is 0 Å². The van der Waals surface area contributed by atoms with E-state index in [0.717, 1.165) is 22.8 Å². The molecular weight excluding hydrogens is 270 g/mol. The Bertz CT molecular complexity index is 553. The van der Waals surface area contributed by atoms with Crippen LogP contribution in [-0.4, -0.2) is 15.9 Å². The van der Waals surface area contributed by atoms with Gasteiger partial charge in [0.15, 0.2) is 0 Å². The van der Waals surface area contributed by atoms with Crippen LogP contribution in [0.25, 0.3) is 0 Å². The molecule has 106 valence electrons. The van der Waals surface area contributed by atoms with E-state index in [4.69, 9.17) is 0 Å². The Morgan fingerprint density at radius 3 is 2.95 bits per heavy atom. The number of hydrogen-bond donors (Lipinski definition) is 1. The predicted molar refractivity (Wildman–Crippen MR) is 80.6 cm³/mol. The van der Waals surface area contributed by atoms with Crippen LogP contribution >= 0.6 is 11.3 Å². The maximum Gasteiger partial charge on any atom is 0.220 e. The van der Waals surface area contributed by atoms with Gasteiger partial charge in [-0.1, -0.05) is 13.0 Å². The number of aryl methyl sites for hydroxylation is 2. The van der Waals surface area contributed by atoms with Gasteiger partial charge in [-0.05, 0) is 31.9 Å². The second-order valence-electron chi connectivity index (χ2n) is 4.63. The Morgan fingerprint density at radius 2 is 2.30 bits per heavy atom. The minimum Gasteiger partial charge on any atom is -0.348 e. The Hall–Kier alpha value is -1.75. The second kappa shape index (κ2) is 7.14. The number of amides is 1. The van der Waals surface area contributed by atoms with Gasteiger partial charge >= 0.3 is 0 Å². The fourth-order valence-electron chi connectivity index (χ4n) is 1.86. The Kier molecular flexibility index (Phi) is 5.24. The fourth-order valence-corrected chi connectivity index (χ4v) is 2.70. The molecule has 2 aromatic heterocycles. The number of carbonyl (C=O) groups is 1. The molecule has 2 rings (SSSR count). The minimum absolute atomic E-state index is 0.0363. The minimum atomic E-state index is -0.0391. The molecule has 0 bridgehead atoms. The summed E-state index contributed by atoms with van der Waals surface area (Å²) in [6.07, 6.45) is 3.80. The predicted octanol–water partition coefficient (Wildman–Crippen LogP) is 2.91. The Labute approximate surface area is 123 Å². The molecule has 20 heavy (non-hydrogen) atoms. The summed E-state index contributed by atoms with van der Waals surface area (Å²) < 4.78 is 0. The molecule has 0 aliphatic heterocycles. The summed E-state index contributed by atoms with van der Waals surface area (Å²) in [7, 11) is 0. The van der Waals surface area contributed by atoms with Gasteiger partial charge in [-0.2, -0.15) is 0 Å². The Morgan fingerprint density at radius 1 is 1.45 bits per heavy atom. The lowest BCUT2D eigenvalue weighted by molar-refractivity contribution is -0.121. The van der Waals surface area contributed by atoms with Gasteiger partial charge < -0.3 is 5.32 Å². The van der Waals surface area contributed by atoms with Gasteiger partial charge in [-0.15, -0.1) is 11.3 Å². The number of carbonyl (C=O) groups excluding carboxylic acids is 1. The average Bonchev–Trinajstić information content (AvgIpc) is 2.95. The zero-order chi connectivity index (χ0) is 14.4. The summed E-state index contributed by atoms with van der Waals surface area (Å²) in [5.74, 6) is 0.0363. The normalized spacial score (nSPS) is 12.1. The van der Waals surface area contributed by atoms with Crippen LogP contribution in [0.5, 0.6) is 0 Å². The van der Waals surface area contributed by atoms with Crippen molar-refractivity contribution < 1.29 is 4.79 Å². The smallest absolute Gasteiger partial charge is 0.220 e. The van der Waals surface area contributed by atoms with Gasteiger partial charge in [-0.3, -0.25) is 9.78 Å². The molecule has 0 radical (unpaired) electrons. The molecule has 1 amide bonds. The number of thiazole rings is 1. The summed E-state index contributed by atoms with van der Waals surface area (Å²) in [6.45, 7) is 4.05. The van der Waals surface area contributed by atoms with Crippen LogP contribution in [0.4, 0.5) is 0 Å². The van der Waals surface area contributed by atoms with Crippen molar-refractivity contribution in [3.63, 3.8) is 0 Å². The van der Waals surface area contributed by atoms with E-state index < -0.39 is 0 Å². The van der Waals surface area contributed by atoms with E-state index in [-0.39, 0.29) is 11.9 Å². The van der Waals surface area contributed by atoms with Gasteiger partial charge in [-0.25, -0.2) is 4.98 Å². The SMILES string of the molecule is CCc1nc(C(C)NC(=O)CCc2ccccn2)cs1. The van der Waals surface area contributed by atoms with Crippen LogP contribution < -0.4 is 5.32 Å². The standard InChI is InChI=1S/C15H19N3OS/c1-3-15-18-13(10-20-15)11(2)17-14(19)8-7-12-6-4-5-9-16-12/h4-6,9-11H,3,7-8H2,1-2H3,(H,17,19). The largest absolute Gasteiger partial charge is 0.348 e. The number of rotatable bonds is 6. The first-order chi connectivity index (χ1) is 9.69. The van der Waals surface area contributed by atoms with Gasteiger partial charge in [0.2, 0.25) is 5.91 Å². The maximum atomic E-state index is 11.9. The van der Waals surface area contributed by atoms with Crippen molar-refractivity contribution >= 4 is 17.2 Å². The molecule has 1 N–H and O–H groups in total. The zero-order valence-electron chi connectivity index (χ0n) is 11.8. The average molecular weight is 289 g/mol. The number of nitrogens with one attached hydrogen (secondary N) is 1. The number of pyridine rings is 1. The van der Waals surface area contributed by atoms with Crippen molar-refractivity contribution in [2.45, 2.75) is 39.2 Å². The van der Waals surface area contributed by atoms with Crippen molar-refractivity contribution in [1.29, 1.82) is 0 Å². The molecule has 1 unspecified atom stereocenters. The summed E-state index contributed by atoms with van der Waals surface area (Å²) >= 11 is 1.64. The lowest BCUT2D eigenvalue weighted by Gasteiger charge is -2.11. The lowest BCUT2D eigenvalue weighted by Crippen LogP contribution is -2.27. The van der Waals surface area contributed by atoms with Crippen molar-refractivity contribution in [2.24, 2.45) is 0 Å². The van der Waals surface area contributed by atoms with E-state index in [0.29, 0.717) is 12.8 Å². The molecule has 0 aromatic carbocycles. The van der Waals surface area contributed by atoms with Gasteiger partial charge in [0, 0.05) is 23.7 Å². The molecule has 0 saturated heterocycles. The van der Waals surface area contributed by atoms with Crippen molar-refractivity contribution in [3.05, 3.63) is 46.2 Å². The third-order valence-electron chi connectivity index (χ3n) is 3.03. The highest BCUT2D eigenvalue weighted by Crippen LogP contribution is 2.17. The van der Waals surface area contributed by atoms with Gasteiger partial charge in [0.1, 0.15) is 0 Å². The summed E-state index contributed by atoms with van der Waals surface area (Å²) in [5, 5.41) is 6.10. The quantitative estimate of drug-likeness (QED) is 0.889. The summed E-state index contributed by atoms with van der Waals surface area (Å²) in [5.41, 5.74) is 1.88. The van der Waals surface area contributed by atoms with Gasteiger partial charge in [0.05, 0.1) is 16.7 Å². The molecule has 0 fully saturated rings. The monoisotopic (exact) mass is 289 g/mol. The van der Waals surface area contributed by atoms with E-state index in [1.54, 1.807) is 17.5 Å². The molecule has 4 nitrogen and oxygen atoms in total. The second-order valence-corrected chi connectivity index (χ2v) is 5.57. The molecule has 0 aliphatic carbocycles. The topological polar surface area (TPSA) is 54.9 Å². The first-order valence-electron chi connectivity index (χ1n) is 6.82. The highest BCUT2D eigenvalue weighted by atomic mass is 32.1. The number of nitrogens with zero attached hydrogens (tertiary/aromatic N) is 2. The van der Waals surface area contributed by atoms with Crippen molar-refractivity contribution in [1.82, 2.24) is 15.3 Å². The maximum absolute atomic E-state index is 11.9. The zero-order valence-corrected chi connectivity index (χ0v) is 12.6. The van der Waals surface area contributed by atoms with Crippen LogP contribution in [0.15, 0.2) is 29.8 Å². The molecule has 1 atom stereocenters. The van der Waals surface area contributed by atoms with Crippen LogP contribution in [0.1, 0.15) is 42.7 Å².